The van der Waals surface area contributed by atoms with Crippen LogP contribution in [0.1, 0.15) is 38.8 Å². The van der Waals surface area contributed by atoms with Crippen molar-refractivity contribution in [3.8, 4) is 22.9 Å². The molecule has 3 rings (SSSR count). The molecule has 0 amide bonds. The number of ether oxygens (including phenoxy) is 1. The maximum Gasteiger partial charge on any atom is 0.416 e. The zero-order valence-electron chi connectivity index (χ0n) is 16.3. The predicted molar refractivity (Wildman–Crippen MR) is 104 cm³/mol. The first kappa shape index (κ1) is 20.0. The lowest BCUT2D eigenvalue weighted by atomic mass is 9.86. The maximum atomic E-state index is 12.7. The van der Waals surface area contributed by atoms with Crippen molar-refractivity contribution in [2.24, 2.45) is 0 Å². The average molecular weight is 388 g/mol. The molecule has 0 fully saturated rings. The minimum absolute atomic E-state index is 0.0205. The van der Waals surface area contributed by atoms with E-state index in [9.17, 15) is 13.2 Å². The van der Waals surface area contributed by atoms with Crippen LogP contribution in [-0.2, 0) is 18.1 Å². The first-order chi connectivity index (χ1) is 13.1. The van der Waals surface area contributed by atoms with Crippen LogP contribution in [0.25, 0.3) is 11.3 Å². The minimum Gasteiger partial charge on any atom is -0.438 e. The Hall–Kier alpha value is -2.76. The van der Waals surface area contributed by atoms with Crippen LogP contribution in [-0.4, -0.2) is 9.78 Å². The molecule has 0 bridgehead atoms. The van der Waals surface area contributed by atoms with Gasteiger partial charge in [-0.2, -0.15) is 13.2 Å². The number of hydrogen-bond acceptors (Lipinski definition) is 2. The number of benzene rings is 2. The van der Waals surface area contributed by atoms with Crippen LogP contribution >= 0.6 is 0 Å². The van der Waals surface area contributed by atoms with Gasteiger partial charge in [-0.1, -0.05) is 39.0 Å². The van der Waals surface area contributed by atoms with E-state index in [1.807, 2.05) is 29.8 Å². The number of aryl methyl sites for hydroxylation is 1. The summed E-state index contributed by atoms with van der Waals surface area (Å²) >= 11 is 0. The Kier molecular flexibility index (Phi) is 5.24. The molecule has 28 heavy (non-hydrogen) atoms. The third-order valence-electron chi connectivity index (χ3n) is 4.49. The summed E-state index contributed by atoms with van der Waals surface area (Å²) in [5.74, 6) is 0.654. The lowest BCUT2D eigenvalue weighted by Crippen LogP contribution is -2.11. The van der Waals surface area contributed by atoms with Gasteiger partial charge in [0.05, 0.1) is 11.3 Å². The van der Waals surface area contributed by atoms with Crippen LogP contribution in [0.15, 0.2) is 54.6 Å². The molecule has 0 radical (unpaired) electrons. The van der Waals surface area contributed by atoms with Crippen LogP contribution in [0, 0.1) is 0 Å². The highest BCUT2D eigenvalue weighted by Gasteiger charge is 2.30. The second-order valence-electron chi connectivity index (χ2n) is 7.64. The fourth-order valence-electron chi connectivity index (χ4n) is 2.89. The quantitative estimate of drug-likeness (QED) is 0.498. The van der Waals surface area contributed by atoms with E-state index in [-0.39, 0.29) is 5.41 Å². The monoisotopic (exact) mass is 388 g/mol. The maximum absolute atomic E-state index is 12.7. The summed E-state index contributed by atoms with van der Waals surface area (Å²) in [5.41, 5.74) is 2.43. The summed E-state index contributed by atoms with van der Waals surface area (Å²) in [6.45, 7) is 9.09. The van der Waals surface area contributed by atoms with Crippen LogP contribution in [0.5, 0.6) is 11.6 Å². The molecule has 6 heteroatoms. The minimum atomic E-state index is -4.37. The van der Waals surface area contributed by atoms with E-state index in [2.05, 4.69) is 38.0 Å². The number of rotatable bonds is 4. The molecule has 148 valence electrons. The summed E-state index contributed by atoms with van der Waals surface area (Å²) in [4.78, 5) is 0. The largest absolute Gasteiger partial charge is 0.438 e. The van der Waals surface area contributed by atoms with Crippen molar-refractivity contribution >= 4 is 0 Å². The van der Waals surface area contributed by atoms with E-state index in [1.165, 1.54) is 17.7 Å². The Balaban J connectivity index is 1.89. The van der Waals surface area contributed by atoms with Crippen molar-refractivity contribution < 1.29 is 17.9 Å². The number of aromatic nitrogens is 2. The molecule has 0 spiro atoms. The molecular weight excluding hydrogens is 365 g/mol. The molecule has 1 heterocycles. The number of alkyl halides is 3. The molecule has 1 aromatic heterocycles. The molecule has 2 aromatic carbocycles. The average Bonchev–Trinajstić information content (AvgIpc) is 3.04. The molecule has 0 aliphatic heterocycles. The highest BCUT2D eigenvalue weighted by atomic mass is 19.4. The van der Waals surface area contributed by atoms with Crippen LogP contribution in [0.3, 0.4) is 0 Å². The predicted octanol–water partition coefficient (Wildman–Crippen LogP) is 6.68. The third kappa shape index (κ3) is 4.38. The smallest absolute Gasteiger partial charge is 0.416 e. The van der Waals surface area contributed by atoms with Gasteiger partial charge in [-0.25, -0.2) is 0 Å². The van der Waals surface area contributed by atoms with Gasteiger partial charge in [0.1, 0.15) is 5.75 Å². The summed E-state index contributed by atoms with van der Waals surface area (Å²) in [6.07, 6.45) is -4.37. The zero-order chi connectivity index (χ0) is 20.5. The van der Waals surface area contributed by atoms with Gasteiger partial charge in [-0.05, 0) is 48.2 Å². The first-order valence-corrected chi connectivity index (χ1v) is 9.12. The van der Waals surface area contributed by atoms with E-state index in [1.54, 1.807) is 0 Å². The van der Waals surface area contributed by atoms with Crippen molar-refractivity contribution in [2.75, 3.05) is 0 Å². The summed E-state index contributed by atoms with van der Waals surface area (Å²) in [6, 6.07) is 14.7. The van der Waals surface area contributed by atoms with Gasteiger partial charge >= 0.3 is 6.18 Å². The van der Waals surface area contributed by atoms with Gasteiger partial charge in [0.15, 0.2) is 0 Å². The number of halogens is 3. The van der Waals surface area contributed by atoms with Crippen molar-refractivity contribution in [1.82, 2.24) is 9.78 Å². The lowest BCUT2D eigenvalue weighted by Gasteiger charge is -2.19. The second kappa shape index (κ2) is 7.34. The standard InChI is InChI=1S/C22H23F3N2O/c1-5-27-19(15-7-6-8-17(13-15)21(2,3)4)14-20(26-27)28-18-11-9-16(10-12-18)22(23,24)25/h6-14H,5H2,1-4H3. The van der Waals surface area contributed by atoms with Crippen LogP contribution in [0.2, 0.25) is 0 Å². The topological polar surface area (TPSA) is 27.1 Å². The van der Waals surface area contributed by atoms with Gasteiger partial charge in [0.25, 0.3) is 0 Å². The van der Waals surface area contributed by atoms with E-state index < -0.39 is 11.7 Å². The van der Waals surface area contributed by atoms with Gasteiger partial charge in [-0.3, -0.25) is 4.68 Å². The zero-order valence-corrected chi connectivity index (χ0v) is 16.3. The summed E-state index contributed by atoms with van der Waals surface area (Å²) in [5, 5.41) is 4.44. The molecule has 3 aromatic rings. The SMILES string of the molecule is CCn1nc(Oc2ccc(C(F)(F)F)cc2)cc1-c1cccc(C(C)(C)C)c1. The molecule has 0 unspecified atom stereocenters. The molecule has 3 nitrogen and oxygen atoms in total. The van der Waals surface area contributed by atoms with E-state index >= 15 is 0 Å². The van der Waals surface area contributed by atoms with Crippen molar-refractivity contribution in [1.29, 1.82) is 0 Å². The van der Waals surface area contributed by atoms with Gasteiger partial charge in [-0.15, -0.1) is 5.10 Å². The van der Waals surface area contributed by atoms with E-state index in [4.69, 9.17) is 4.74 Å². The van der Waals surface area contributed by atoms with Crippen LogP contribution < -0.4 is 4.74 Å². The lowest BCUT2D eigenvalue weighted by molar-refractivity contribution is -0.137. The Morgan fingerprint density at radius 1 is 0.929 bits per heavy atom. The fourth-order valence-corrected chi connectivity index (χ4v) is 2.89. The molecular formula is C22H23F3N2O. The molecule has 0 aliphatic rings. The van der Waals surface area contributed by atoms with Crippen molar-refractivity contribution in [2.45, 2.75) is 45.8 Å². The van der Waals surface area contributed by atoms with E-state index in [0.29, 0.717) is 18.2 Å². The normalized spacial score (nSPS) is 12.2. The van der Waals surface area contributed by atoms with E-state index in [0.717, 1.165) is 23.4 Å². The van der Waals surface area contributed by atoms with Gasteiger partial charge < -0.3 is 4.74 Å². The van der Waals surface area contributed by atoms with Gasteiger partial charge in [0, 0.05) is 18.2 Å². The Bertz CT molecular complexity index is 951. The Morgan fingerprint density at radius 3 is 2.18 bits per heavy atom. The highest BCUT2D eigenvalue weighted by Crippen LogP contribution is 2.33. The number of nitrogens with zero attached hydrogens (tertiary/aromatic N) is 2. The first-order valence-electron chi connectivity index (χ1n) is 9.12. The Labute approximate surface area is 162 Å². The molecule has 0 N–H and O–H groups in total. The summed E-state index contributed by atoms with van der Waals surface area (Å²) < 4.78 is 45.6. The Morgan fingerprint density at radius 2 is 1.61 bits per heavy atom. The molecule has 0 saturated carbocycles. The fraction of sp³-hybridized carbons (Fsp3) is 0.318. The van der Waals surface area contributed by atoms with Crippen molar-refractivity contribution in [3.05, 3.63) is 65.7 Å². The summed E-state index contributed by atoms with van der Waals surface area (Å²) in [7, 11) is 0. The number of hydrogen-bond donors (Lipinski definition) is 0. The van der Waals surface area contributed by atoms with Crippen molar-refractivity contribution in [3.63, 3.8) is 0 Å². The molecule has 0 saturated heterocycles. The second-order valence-corrected chi connectivity index (χ2v) is 7.64. The molecule has 0 atom stereocenters. The molecule has 0 aliphatic carbocycles. The third-order valence-corrected chi connectivity index (χ3v) is 4.49. The van der Waals surface area contributed by atoms with Gasteiger partial charge in [0.2, 0.25) is 5.88 Å². The van der Waals surface area contributed by atoms with Crippen LogP contribution in [0.4, 0.5) is 13.2 Å². The highest BCUT2D eigenvalue weighted by molar-refractivity contribution is 5.62.